The molecule has 11 heteroatoms. The smallest absolute Gasteiger partial charge is 0.272 e. The zero-order valence-corrected chi connectivity index (χ0v) is 19.3. The lowest BCUT2D eigenvalue weighted by Crippen LogP contribution is -2.31. The van der Waals surface area contributed by atoms with E-state index in [0.29, 0.717) is 17.2 Å². The van der Waals surface area contributed by atoms with Gasteiger partial charge in [-0.2, -0.15) is 0 Å². The maximum atomic E-state index is 13.4. The van der Waals surface area contributed by atoms with E-state index < -0.39 is 22.6 Å². The Hall–Kier alpha value is -4.44. The molecular weight excluding hydrogens is 481 g/mol. The number of hydrogen-bond acceptors (Lipinski definition) is 6. The zero-order chi connectivity index (χ0) is 25.5. The van der Waals surface area contributed by atoms with Crippen LogP contribution < -0.4 is 20.1 Å². The normalized spacial score (nSPS) is 10.9. The van der Waals surface area contributed by atoms with Gasteiger partial charge < -0.3 is 20.1 Å². The van der Waals surface area contributed by atoms with Crippen molar-refractivity contribution in [1.82, 2.24) is 5.32 Å². The first-order chi connectivity index (χ1) is 16.7. The summed E-state index contributed by atoms with van der Waals surface area (Å²) in [5, 5.41) is 16.0. The number of rotatable bonds is 8. The van der Waals surface area contributed by atoms with Gasteiger partial charge in [0, 0.05) is 23.9 Å². The summed E-state index contributed by atoms with van der Waals surface area (Å²) in [7, 11) is 2.90. The number of halogens is 2. The van der Waals surface area contributed by atoms with Crippen molar-refractivity contribution in [2.24, 2.45) is 0 Å². The van der Waals surface area contributed by atoms with Gasteiger partial charge in [-0.1, -0.05) is 23.7 Å². The van der Waals surface area contributed by atoms with Gasteiger partial charge in [-0.15, -0.1) is 0 Å². The molecule has 0 spiro atoms. The third-order valence-electron chi connectivity index (χ3n) is 4.70. The van der Waals surface area contributed by atoms with Crippen molar-refractivity contribution in [3.05, 3.63) is 98.4 Å². The minimum atomic E-state index is -0.783. The zero-order valence-electron chi connectivity index (χ0n) is 18.5. The number of hydrogen-bond donors (Lipinski definition) is 2. The van der Waals surface area contributed by atoms with E-state index in [1.807, 2.05) is 0 Å². The van der Waals surface area contributed by atoms with Crippen LogP contribution in [0.4, 0.5) is 15.8 Å². The van der Waals surface area contributed by atoms with Crippen LogP contribution in [-0.4, -0.2) is 31.0 Å². The molecule has 0 heterocycles. The van der Waals surface area contributed by atoms with Crippen molar-refractivity contribution < 1.29 is 28.4 Å². The third kappa shape index (κ3) is 6.33. The first-order valence-corrected chi connectivity index (χ1v) is 10.4. The fourth-order valence-corrected chi connectivity index (χ4v) is 3.28. The lowest BCUT2D eigenvalue weighted by Gasteiger charge is -2.13. The molecule has 2 N–H and O–H groups in total. The van der Waals surface area contributed by atoms with Crippen molar-refractivity contribution >= 4 is 40.9 Å². The van der Waals surface area contributed by atoms with Gasteiger partial charge in [0.1, 0.15) is 11.5 Å². The van der Waals surface area contributed by atoms with Gasteiger partial charge in [0.2, 0.25) is 0 Å². The van der Waals surface area contributed by atoms with Crippen LogP contribution in [0.3, 0.4) is 0 Å². The molecule has 9 nitrogen and oxygen atoms in total. The molecule has 3 aromatic carbocycles. The van der Waals surface area contributed by atoms with Crippen molar-refractivity contribution in [1.29, 1.82) is 0 Å². The summed E-state index contributed by atoms with van der Waals surface area (Å²) in [4.78, 5) is 36.4. The van der Waals surface area contributed by atoms with E-state index in [4.69, 9.17) is 21.1 Å². The minimum Gasteiger partial charge on any atom is -0.493 e. The molecule has 0 bridgehead atoms. The SMILES string of the molecule is COc1ccc(NC(=O)C(=Cc2cccc([N+](=O)[O-])c2)NC(=O)c2ccc(F)cc2Cl)cc1OC. The average Bonchev–Trinajstić information content (AvgIpc) is 2.83. The van der Waals surface area contributed by atoms with Crippen LogP contribution in [0.25, 0.3) is 6.08 Å². The van der Waals surface area contributed by atoms with Gasteiger partial charge >= 0.3 is 0 Å². The monoisotopic (exact) mass is 499 g/mol. The predicted octanol–water partition coefficient (Wildman–Crippen LogP) is 4.81. The predicted molar refractivity (Wildman–Crippen MR) is 128 cm³/mol. The van der Waals surface area contributed by atoms with Crippen molar-refractivity contribution in [2.45, 2.75) is 0 Å². The molecule has 3 aromatic rings. The Balaban J connectivity index is 1.97. The Morgan fingerprint density at radius 2 is 1.77 bits per heavy atom. The second kappa shape index (κ2) is 11.1. The summed E-state index contributed by atoms with van der Waals surface area (Å²) in [6, 6.07) is 13.3. The Kier molecular flexibility index (Phi) is 8.00. The first kappa shape index (κ1) is 25.2. The van der Waals surface area contributed by atoms with Crippen LogP contribution in [0.15, 0.2) is 66.4 Å². The van der Waals surface area contributed by atoms with Crippen LogP contribution in [0.2, 0.25) is 5.02 Å². The molecule has 0 aliphatic carbocycles. The standard InChI is InChI=1S/C24H19ClFN3O6/c1-34-21-9-7-16(13-22(21)35-2)27-24(31)20(11-14-4-3-5-17(10-14)29(32)33)28-23(30)18-8-6-15(26)12-19(18)25/h3-13H,1-2H3,(H,27,31)(H,28,30). The summed E-state index contributed by atoms with van der Waals surface area (Å²) >= 11 is 5.97. The maximum absolute atomic E-state index is 13.4. The Bertz CT molecular complexity index is 1330. The van der Waals surface area contributed by atoms with E-state index >= 15 is 0 Å². The molecule has 2 amide bonds. The van der Waals surface area contributed by atoms with Crippen LogP contribution in [0, 0.1) is 15.9 Å². The second-order valence-corrected chi connectivity index (χ2v) is 7.42. The number of anilines is 1. The molecule has 3 rings (SSSR count). The molecule has 0 unspecified atom stereocenters. The van der Waals surface area contributed by atoms with Crippen LogP contribution in [0.5, 0.6) is 11.5 Å². The number of nitro benzene ring substituents is 1. The summed E-state index contributed by atoms with van der Waals surface area (Å²) in [6.45, 7) is 0. The molecule has 0 saturated carbocycles. The maximum Gasteiger partial charge on any atom is 0.272 e. The highest BCUT2D eigenvalue weighted by Crippen LogP contribution is 2.30. The molecule has 0 aliphatic heterocycles. The minimum absolute atomic E-state index is 0.0723. The highest BCUT2D eigenvalue weighted by molar-refractivity contribution is 6.34. The average molecular weight is 500 g/mol. The third-order valence-corrected chi connectivity index (χ3v) is 5.01. The lowest BCUT2D eigenvalue weighted by atomic mass is 10.1. The molecular formula is C24H19ClFN3O6. The first-order valence-electron chi connectivity index (χ1n) is 9.97. The highest BCUT2D eigenvalue weighted by Gasteiger charge is 2.18. The summed E-state index contributed by atoms with van der Waals surface area (Å²) in [5.74, 6) is -1.36. The van der Waals surface area contributed by atoms with Gasteiger partial charge in [-0.05, 0) is 42.0 Å². The number of benzene rings is 3. The van der Waals surface area contributed by atoms with Crippen molar-refractivity contribution in [2.75, 3.05) is 19.5 Å². The number of nitrogens with one attached hydrogen (secondary N) is 2. The van der Waals surface area contributed by atoms with E-state index in [1.165, 1.54) is 56.7 Å². The summed E-state index contributed by atoms with van der Waals surface area (Å²) in [6.07, 6.45) is 1.26. The molecule has 0 radical (unpaired) electrons. The quantitative estimate of drug-likeness (QED) is 0.260. The number of non-ortho nitro benzene ring substituents is 1. The van der Waals surface area contributed by atoms with Gasteiger partial charge in [-0.3, -0.25) is 19.7 Å². The van der Waals surface area contributed by atoms with Crippen LogP contribution in [0.1, 0.15) is 15.9 Å². The van der Waals surface area contributed by atoms with E-state index in [-0.39, 0.29) is 27.5 Å². The fourth-order valence-electron chi connectivity index (χ4n) is 3.03. The topological polar surface area (TPSA) is 120 Å². The number of nitro groups is 1. The van der Waals surface area contributed by atoms with E-state index in [2.05, 4.69) is 10.6 Å². The molecule has 0 atom stereocenters. The van der Waals surface area contributed by atoms with Crippen molar-refractivity contribution in [3.63, 3.8) is 0 Å². The second-order valence-electron chi connectivity index (χ2n) is 7.01. The fraction of sp³-hybridized carbons (Fsp3) is 0.0833. The largest absolute Gasteiger partial charge is 0.493 e. The Morgan fingerprint density at radius 3 is 2.43 bits per heavy atom. The van der Waals surface area contributed by atoms with Crippen LogP contribution in [-0.2, 0) is 4.79 Å². The van der Waals surface area contributed by atoms with E-state index in [1.54, 1.807) is 12.1 Å². The molecule has 35 heavy (non-hydrogen) atoms. The number of nitrogens with zero attached hydrogens (tertiary/aromatic N) is 1. The number of methoxy groups -OCH3 is 2. The van der Waals surface area contributed by atoms with Crippen LogP contribution >= 0.6 is 11.6 Å². The Morgan fingerprint density at radius 1 is 1.03 bits per heavy atom. The summed E-state index contributed by atoms with van der Waals surface area (Å²) in [5.41, 5.74) is 0.0859. The number of carbonyl (C=O) groups excluding carboxylic acids is 2. The van der Waals surface area contributed by atoms with Gasteiger partial charge in [0.05, 0.1) is 29.7 Å². The highest BCUT2D eigenvalue weighted by atomic mass is 35.5. The van der Waals surface area contributed by atoms with Gasteiger partial charge in [0.25, 0.3) is 17.5 Å². The van der Waals surface area contributed by atoms with Gasteiger partial charge in [-0.25, -0.2) is 4.39 Å². The number of ether oxygens (including phenoxy) is 2. The molecule has 0 aliphatic rings. The molecule has 0 saturated heterocycles. The molecule has 0 aromatic heterocycles. The lowest BCUT2D eigenvalue weighted by molar-refractivity contribution is -0.384. The van der Waals surface area contributed by atoms with Gasteiger partial charge in [0.15, 0.2) is 11.5 Å². The number of carbonyl (C=O) groups is 2. The molecule has 180 valence electrons. The molecule has 0 fully saturated rings. The Labute approximate surface area is 204 Å². The van der Waals surface area contributed by atoms with E-state index in [0.717, 1.165) is 12.1 Å². The summed E-state index contributed by atoms with van der Waals surface area (Å²) < 4.78 is 23.8. The van der Waals surface area contributed by atoms with Crippen molar-refractivity contribution in [3.8, 4) is 11.5 Å². The number of amides is 2. The van der Waals surface area contributed by atoms with E-state index in [9.17, 15) is 24.1 Å².